The SMILES string of the molecule is Cc1c(C(N)=O)oc2c1/C(=N\Nc1ccccc1)CC(C)(C)C2. The Morgan fingerprint density at radius 3 is 2.61 bits per heavy atom. The number of nitrogens with one attached hydrogen (secondary N) is 1. The van der Waals surface area contributed by atoms with Crippen LogP contribution >= 0.6 is 0 Å². The number of amides is 1. The summed E-state index contributed by atoms with van der Waals surface area (Å²) in [4.78, 5) is 11.6. The zero-order chi connectivity index (χ0) is 16.6. The minimum absolute atomic E-state index is 0.0173. The number of benzene rings is 1. The third kappa shape index (κ3) is 2.99. The average molecular weight is 311 g/mol. The second kappa shape index (κ2) is 5.57. The van der Waals surface area contributed by atoms with E-state index < -0.39 is 5.91 Å². The molecule has 1 aliphatic carbocycles. The highest BCUT2D eigenvalue weighted by atomic mass is 16.4. The van der Waals surface area contributed by atoms with Gasteiger partial charge in [-0.25, -0.2) is 0 Å². The van der Waals surface area contributed by atoms with Gasteiger partial charge in [-0.1, -0.05) is 32.0 Å². The van der Waals surface area contributed by atoms with Crippen molar-refractivity contribution in [1.82, 2.24) is 0 Å². The number of anilines is 1. The fourth-order valence-corrected chi connectivity index (χ4v) is 3.09. The van der Waals surface area contributed by atoms with Crippen LogP contribution in [0, 0.1) is 12.3 Å². The van der Waals surface area contributed by atoms with Gasteiger partial charge in [-0.3, -0.25) is 10.2 Å². The van der Waals surface area contributed by atoms with Crippen molar-refractivity contribution < 1.29 is 9.21 Å². The van der Waals surface area contributed by atoms with E-state index in [2.05, 4.69) is 24.4 Å². The van der Waals surface area contributed by atoms with Crippen molar-refractivity contribution >= 4 is 17.3 Å². The third-order valence-electron chi connectivity index (χ3n) is 4.11. The molecule has 0 fully saturated rings. The van der Waals surface area contributed by atoms with E-state index in [1.807, 2.05) is 37.3 Å². The number of nitrogens with two attached hydrogens (primary N) is 1. The van der Waals surface area contributed by atoms with Gasteiger partial charge in [0.15, 0.2) is 5.76 Å². The van der Waals surface area contributed by atoms with Crippen LogP contribution in [0.25, 0.3) is 0 Å². The van der Waals surface area contributed by atoms with Gasteiger partial charge in [0.25, 0.3) is 5.91 Å². The molecule has 0 radical (unpaired) electrons. The largest absolute Gasteiger partial charge is 0.455 e. The number of nitrogens with zero attached hydrogens (tertiary/aromatic N) is 1. The predicted molar refractivity (Wildman–Crippen MR) is 90.7 cm³/mol. The van der Waals surface area contributed by atoms with Crippen molar-refractivity contribution in [2.75, 3.05) is 5.43 Å². The van der Waals surface area contributed by atoms with Gasteiger partial charge in [-0.15, -0.1) is 0 Å². The van der Waals surface area contributed by atoms with E-state index in [1.54, 1.807) is 0 Å². The molecular formula is C18H21N3O2. The molecule has 1 aromatic carbocycles. The van der Waals surface area contributed by atoms with E-state index in [0.717, 1.165) is 41.1 Å². The van der Waals surface area contributed by atoms with Crippen LogP contribution in [0.5, 0.6) is 0 Å². The van der Waals surface area contributed by atoms with Crippen molar-refractivity contribution in [1.29, 1.82) is 0 Å². The maximum absolute atomic E-state index is 11.6. The summed E-state index contributed by atoms with van der Waals surface area (Å²) in [7, 11) is 0. The third-order valence-corrected chi connectivity index (χ3v) is 4.11. The second-order valence-electron chi connectivity index (χ2n) is 6.77. The molecule has 1 aliphatic rings. The lowest BCUT2D eigenvalue weighted by Gasteiger charge is -2.29. The Labute approximate surface area is 135 Å². The Bertz CT molecular complexity index is 773. The molecule has 1 aromatic heterocycles. The van der Waals surface area contributed by atoms with Crippen molar-refractivity contribution in [2.45, 2.75) is 33.6 Å². The predicted octanol–water partition coefficient (Wildman–Crippen LogP) is 3.48. The Hall–Kier alpha value is -2.56. The number of primary amides is 1. The lowest BCUT2D eigenvalue weighted by molar-refractivity contribution is 0.0970. The Kier molecular flexibility index (Phi) is 3.72. The van der Waals surface area contributed by atoms with E-state index in [9.17, 15) is 4.79 Å². The molecule has 3 rings (SSSR count). The van der Waals surface area contributed by atoms with Crippen LogP contribution in [-0.4, -0.2) is 11.6 Å². The highest BCUT2D eigenvalue weighted by molar-refractivity contribution is 6.06. The van der Waals surface area contributed by atoms with Crippen LogP contribution in [0.3, 0.4) is 0 Å². The summed E-state index contributed by atoms with van der Waals surface area (Å²) >= 11 is 0. The summed E-state index contributed by atoms with van der Waals surface area (Å²) < 4.78 is 5.73. The van der Waals surface area contributed by atoms with Crippen molar-refractivity contribution in [3.63, 3.8) is 0 Å². The lowest BCUT2D eigenvalue weighted by Crippen LogP contribution is -2.27. The summed E-state index contributed by atoms with van der Waals surface area (Å²) in [6.45, 7) is 6.18. The number of hydrazone groups is 1. The average Bonchev–Trinajstić information content (AvgIpc) is 2.81. The minimum Gasteiger partial charge on any atom is -0.455 e. The van der Waals surface area contributed by atoms with Gasteiger partial charge in [0.2, 0.25) is 0 Å². The molecular weight excluding hydrogens is 290 g/mol. The molecule has 0 spiro atoms. The molecule has 1 heterocycles. The number of rotatable bonds is 3. The summed E-state index contributed by atoms with van der Waals surface area (Å²) in [6.07, 6.45) is 1.57. The fourth-order valence-electron chi connectivity index (χ4n) is 3.09. The molecule has 0 saturated heterocycles. The molecule has 2 aromatic rings. The Morgan fingerprint density at radius 1 is 1.26 bits per heavy atom. The maximum atomic E-state index is 11.6. The van der Waals surface area contributed by atoms with E-state index in [0.29, 0.717) is 0 Å². The second-order valence-corrected chi connectivity index (χ2v) is 6.77. The van der Waals surface area contributed by atoms with E-state index in [1.165, 1.54) is 0 Å². The van der Waals surface area contributed by atoms with Crippen molar-refractivity contribution in [3.05, 3.63) is 53.0 Å². The maximum Gasteiger partial charge on any atom is 0.284 e. The molecule has 0 unspecified atom stereocenters. The molecule has 120 valence electrons. The van der Waals surface area contributed by atoms with Crippen LogP contribution < -0.4 is 11.2 Å². The van der Waals surface area contributed by atoms with Gasteiger partial charge in [-0.2, -0.15) is 5.10 Å². The smallest absolute Gasteiger partial charge is 0.284 e. The molecule has 5 heteroatoms. The van der Waals surface area contributed by atoms with E-state index >= 15 is 0 Å². The fraction of sp³-hybridized carbons (Fsp3) is 0.333. The molecule has 5 nitrogen and oxygen atoms in total. The van der Waals surface area contributed by atoms with Gasteiger partial charge < -0.3 is 10.2 Å². The number of hydrogen-bond donors (Lipinski definition) is 2. The summed E-state index contributed by atoms with van der Waals surface area (Å²) in [5, 5.41) is 4.58. The molecule has 1 amide bonds. The Balaban J connectivity index is 2.03. The molecule has 0 bridgehead atoms. The standard InChI is InChI=1S/C18H21N3O2/c1-11-15-13(21-20-12-7-5-4-6-8-12)9-18(2,3)10-14(15)23-16(11)17(19)22/h4-8,20H,9-10H2,1-3H3,(H2,19,22)/b21-13-. The monoisotopic (exact) mass is 311 g/mol. The quantitative estimate of drug-likeness (QED) is 0.852. The number of carbonyl (C=O) groups excluding carboxylic acids is 1. The first-order chi connectivity index (χ1) is 10.9. The zero-order valence-electron chi connectivity index (χ0n) is 13.6. The number of hydrogen-bond acceptors (Lipinski definition) is 4. The number of furan rings is 1. The summed E-state index contributed by atoms with van der Waals surface area (Å²) in [5.41, 5.74) is 12.0. The highest BCUT2D eigenvalue weighted by Gasteiger charge is 2.35. The van der Waals surface area contributed by atoms with Crippen LogP contribution in [0.15, 0.2) is 39.9 Å². The van der Waals surface area contributed by atoms with Crippen LogP contribution in [-0.2, 0) is 6.42 Å². The van der Waals surface area contributed by atoms with Crippen LogP contribution in [0.4, 0.5) is 5.69 Å². The van der Waals surface area contributed by atoms with Crippen molar-refractivity contribution in [3.8, 4) is 0 Å². The van der Waals surface area contributed by atoms with Gasteiger partial charge in [0.1, 0.15) is 5.76 Å². The summed E-state index contributed by atoms with van der Waals surface area (Å²) in [6, 6.07) is 9.77. The highest BCUT2D eigenvalue weighted by Crippen LogP contribution is 2.38. The topological polar surface area (TPSA) is 80.6 Å². The van der Waals surface area contributed by atoms with Gasteiger partial charge in [-0.05, 0) is 30.9 Å². The van der Waals surface area contributed by atoms with Gasteiger partial charge in [0, 0.05) is 17.5 Å². The zero-order valence-corrected chi connectivity index (χ0v) is 13.6. The first-order valence-electron chi connectivity index (χ1n) is 7.67. The molecule has 0 atom stereocenters. The Morgan fingerprint density at radius 2 is 1.96 bits per heavy atom. The first kappa shape index (κ1) is 15.3. The van der Waals surface area contributed by atoms with Crippen LogP contribution in [0.1, 0.15) is 47.7 Å². The van der Waals surface area contributed by atoms with E-state index in [-0.39, 0.29) is 11.2 Å². The van der Waals surface area contributed by atoms with Crippen LogP contribution in [0.2, 0.25) is 0 Å². The lowest BCUT2D eigenvalue weighted by atomic mass is 9.75. The number of carbonyl (C=O) groups is 1. The number of fused-ring (bicyclic) bond motifs is 1. The minimum atomic E-state index is -0.537. The van der Waals surface area contributed by atoms with E-state index in [4.69, 9.17) is 10.2 Å². The molecule has 3 N–H and O–H groups in total. The van der Waals surface area contributed by atoms with Crippen molar-refractivity contribution in [2.24, 2.45) is 16.3 Å². The van der Waals surface area contributed by atoms with Gasteiger partial charge >= 0.3 is 0 Å². The van der Waals surface area contributed by atoms with Gasteiger partial charge in [0.05, 0.1) is 11.4 Å². The normalized spacial score (nSPS) is 17.8. The molecule has 23 heavy (non-hydrogen) atoms. The molecule has 0 aliphatic heterocycles. The molecule has 0 saturated carbocycles. The summed E-state index contributed by atoms with van der Waals surface area (Å²) in [5.74, 6) is 0.492. The first-order valence-corrected chi connectivity index (χ1v) is 7.67. The number of para-hydroxylation sites is 1.